The maximum absolute atomic E-state index is 10.3. The minimum absolute atomic E-state index is 0.269. The summed E-state index contributed by atoms with van der Waals surface area (Å²) in [6.07, 6.45) is 5.21. The lowest BCUT2D eigenvalue weighted by Gasteiger charge is -2.46. The van der Waals surface area contributed by atoms with Crippen molar-refractivity contribution in [2.75, 3.05) is 27.2 Å². The van der Waals surface area contributed by atoms with Crippen molar-refractivity contribution in [3.63, 3.8) is 0 Å². The van der Waals surface area contributed by atoms with Crippen LogP contribution in [0.15, 0.2) is 0 Å². The van der Waals surface area contributed by atoms with Gasteiger partial charge in [0.25, 0.3) is 0 Å². The monoisotopic (exact) mass is 270 g/mol. The summed E-state index contributed by atoms with van der Waals surface area (Å²) in [5.41, 5.74) is -0.349. The Labute approximate surface area is 119 Å². The van der Waals surface area contributed by atoms with Crippen LogP contribution in [-0.2, 0) is 0 Å². The summed E-state index contributed by atoms with van der Waals surface area (Å²) >= 11 is 0. The van der Waals surface area contributed by atoms with Gasteiger partial charge in [-0.15, -0.1) is 0 Å². The van der Waals surface area contributed by atoms with E-state index in [1.807, 2.05) is 6.92 Å². The maximum Gasteiger partial charge on any atom is 0.0766 e. The molecule has 0 spiro atoms. The zero-order valence-electron chi connectivity index (χ0n) is 13.8. The quantitative estimate of drug-likeness (QED) is 0.778. The van der Waals surface area contributed by atoms with Gasteiger partial charge in [0, 0.05) is 18.6 Å². The van der Waals surface area contributed by atoms with Gasteiger partial charge in [-0.1, -0.05) is 33.6 Å². The first-order valence-corrected chi connectivity index (χ1v) is 7.80. The van der Waals surface area contributed by atoms with Gasteiger partial charge in [-0.3, -0.25) is 0 Å². The van der Waals surface area contributed by atoms with E-state index in [9.17, 15) is 5.11 Å². The van der Waals surface area contributed by atoms with Crippen LogP contribution < -0.4 is 5.32 Å². The van der Waals surface area contributed by atoms with Gasteiger partial charge in [0.05, 0.1) is 5.60 Å². The highest BCUT2D eigenvalue weighted by atomic mass is 16.3. The minimum Gasteiger partial charge on any atom is -0.389 e. The van der Waals surface area contributed by atoms with E-state index in [1.54, 1.807) is 0 Å². The molecule has 1 fully saturated rings. The molecule has 3 atom stereocenters. The molecule has 0 bridgehead atoms. The summed E-state index contributed by atoms with van der Waals surface area (Å²) in [7, 11) is 4.39. The summed E-state index contributed by atoms with van der Waals surface area (Å²) in [5, 5.41) is 13.8. The lowest BCUT2D eigenvalue weighted by atomic mass is 9.75. The van der Waals surface area contributed by atoms with Crippen LogP contribution >= 0.6 is 0 Å². The number of hydrogen-bond donors (Lipinski definition) is 2. The maximum atomic E-state index is 10.3. The summed E-state index contributed by atoms with van der Waals surface area (Å²) in [6, 6.07) is 0. The molecule has 0 saturated heterocycles. The van der Waals surface area contributed by atoms with Crippen molar-refractivity contribution in [1.82, 2.24) is 10.2 Å². The van der Waals surface area contributed by atoms with Gasteiger partial charge < -0.3 is 15.3 Å². The van der Waals surface area contributed by atoms with Crippen molar-refractivity contribution in [3.05, 3.63) is 0 Å². The summed E-state index contributed by atoms with van der Waals surface area (Å²) in [6.45, 7) is 10.1. The van der Waals surface area contributed by atoms with Crippen LogP contribution in [0.25, 0.3) is 0 Å². The molecular weight excluding hydrogens is 236 g/mol. The van der Waals surface area contributed by atoms with Crippen LogP contribution in [0.4, 0.5) is 0 Å². The standard InChI is InChI=1S/C16H34N2O/c1-13(2)15(4,19)11-17-12-16(18(5)6)9-7-8-14(3)10-16/h13-14,17,19H,7-12H2,1-6H3. The number of nitrogens with one attached hydrogen (secondary N) is 1. The normalized spacial score (nSPS) is 31.7. The zero-order valence-corrected chi connectivity index (χ0v) is 13.8. The Morgan fingerprint density at radius 3 is 2.53 bits per heavy atom. The van der Waals surface area contributed by atoms with Gasteiger partial charge in [0.1, 0.15) is 0 Å². The Balaban J connectivity index is 2.56. The molecule has 1 aliphatic rings. The van der Waals surface area contributed by atoms with E-state index < -0.39 is 5.60 Å². The molecule has 0 aliphatic heterocycles. The number of likely N-dealkylation sites (N-methyl/N-ethyl adjacent to an activating group) is 1. The van der Waals surface area contributed by atoms with Crippen molar-refractivity contribution in [3.8, 4) is 0 Å². The van der Waals surface area contributed by atoms with Crippen LogP contribution in [0.3, 0.4) is 0 Å². The van der Waals surface area contributed by atoms with E-state index in [0.29, 0.717) is 6.54 Å². The van der Waals surface area contributed by atoms with Crippen LogP contribution in [0, 0.1) is 11.8 Å². The van der Waals surface area contributed by atoms with Gasteiger partial charge >= 0.3 is 0 Å². The first kappa shape index (κ1) is 16.9. The molecule has 0 amide bonds. The third-order valence-electron chi connectivity index (χ3n) is 5.20. The van der Waals surface area contributed by atoms with Crippen molar-refractivity contribution in [1.29, 1.82) is 0 Å². The summed E-state index contributed by atoms with van der Waals surface area (Å²) in [5.74, 6) is 1.09. The van der Waals surface area contributed by atoms with Gasteiger partial charge in [-0.05, 0) is 45.7 Å². The molecule has 114 valence electrons. The molecule has 0 radical (unpaired) electrons. The van der Waals surface area contributed by atoms with Crippen molar-refractivity contribution in [2.45, 2.75) is 64.5 Å². The van der Waals surface area contributed by atoms with Crippen LogP contribution in [0.5, 0.6) is 0 Å². The number of nitrogens with zero attached hydrogens (tertiary/aromatic N) is 1. The Morgan fingerprint density at radius 1 is 1.42 bits per heavy atom. The molecule has 0 aromatic carbocycles. The van der Waals surface area contributed by atoms with Crippen molar-refractivity contribution < 1.29 is 5.11 Å². The predicted octanol–water partition coefficient (Wildman–Crippen LogP) is 2.49. The molecule has 1 saturated carbocycles. The second kappa shape index (κ2) is 6.55. The summed E-state index contributed by atoms with van der Waals surface area (Å²) in [4.78, 5) is 2.39. The van der Waals surface area contributed by atoms with Crippen molar-refractivity contribution in [2.24, 2.45) is 11.8 Å². The highest BCUT2D eigenvalue weighted by molar-refractivity contribution is 4.95. The van der Waals surface area contributed by atoms with Crippen LogP contribution in [0.1, 0.15) is 53.4 Å². The van der Waals surface area contributed by atoms with Gasteiger partial charge in [-0.2, -0.15) is 0 Å². The lowest BCUT2D eigenvalue weighted by Crippen LogP contribution is -2.56. The molecule has 0 heterocycles. The molecular formula is C16H34N2O. The SMILES string of the molecule is CC1CCCC(CNCC(C)(O)C(C)C)(N(C)C)C1. The fourth-order valence-corrected chi connectivity index (χ4v) is 3.11. The fraction of sp³-hybridized carbons (Fsp3) is 1.00. The highest BCUT2D eigenvalue weighted by Gasteiger charge is 2.37. The molecule has 3 heteroatoms. The Bertz CT molecular complexity index is 276. The summed E-state index contributed by atoms with van der Waals surface area (Å²) < 4.78 is 0. The van der Waals surface area contributed by atoms with E-state index >= 15 is 0 Å². The molecule has 0 aromatic heterocycles. The first-order valence-electron chi connectivity index (χ1n) is 7.80. The number of rotatable bonds is 6. The number of aliphatic hydroxyl groups is 1. The zero-order chi connectivity index (χ0) is 14.7. The van der Waals surface area contributed by atoms with Crippen LogP contribution in [0.2, 0.25) is 0 Å². The number of hydrogen-bond acceptors (Lipinski definition) is 3. The topological polar surface area (TPSA) is 35.5 Å². The smallest absolute Gasteiger partial charge is 0.0766 e. The molecule has 0 aromatic rings. The van der Waals surface area contributed by atoms with E-state index in [0.717, 1.165) is 12.5 Å². The third-order valence-corrected chi connectivity index (χ3v) is 5.20. The molecule has 1 aliphatic carbocycles. The second-order valence-corrected chi connectivity index (χ2v) is 7.44. The Hall–Kier alpha value is -0.120. The van der Waals surface area contributed by atoms with Gasteiger partial charge in [0.15, 0.2) is 0 Å². The Kier molecular flexibility index (Phi) is 5.84. The van der Waals surface area contributed by atoms with Crippen LogP contribution in [-0.4, -0.2) is 48.3 Å². The average Bonchev–Trinajstić information content (AvgIpc) is 2.28. The third kappa shape index (κ3) is 4.44. The fourth-order valence-electron chi connectivity index (χ4n) is 3.11. The lowest BCUT2D eigenvalue weighted by molar-refractivity contribution is 0.00648. The Morgan fingerprint density at radius 2 is 2.05 bits per heavy atom. The average molecular weight is 270 g/mol. The van der Waals surface area contributed by atoms with Gasteiger partial charge in [0.2, 0.25) is 0 Å². The predicted molar refractivity (Wildman–Crippen MR) is 82.4 cm³/mol. The van der Waals surface area contributed by atoms with E-state index in [1.165, 1.54) is 25.7 Å². The molecule has 2 N–H and O–H groups in total. The first-order chi connectivity index (χ1) is 8.69. The van der Waals surface area contributed by atoms with E-state index in [4.69, 9.17) is 0 Å². The second-order valence-electron chi connectivity index (χ2n) is 7.44. The molecule has 3 unspecified atom stereocenters. The largest absolute Gasteiger partial charge is 0.389 e. The highest BCUT2D eigenvalue weighted by Crippen LogP contribution is 2.35. The van der Waals surface area contributed by atoms with E-state index in [-0.39, 0.29) is 11.5 Å². The molecule has 1 rings (SSSR count). The van der Waals surface area contributed by atoms with E-state index in [2.05, 4.69) is 45.1 Å². The minimum atomic E-state index is -0.617. The molecule has 3 nitrogen and oxygen atoms in total. The van der Waals surface area contributed by atoms with Crippen molar-refractivity contribution >= 4 is 0 Å². The van der Waals surface area contributed by atoms with Gasteiger partial charge in [-0.25, -0.2) is 0 Å². The molecule has 19 heavy (non-hydrogen) atoms.